The SMILES string of the molecule is CNC(=O)[C@H](C)N(Cc1ccc(Cl)c(Cl)c1)C(=O)CN(c1cc(C)ccc1OC)S(=O)(=O)c1ccccc1. The third-order valence-corrected chi connectivity index (χ3v) is 8.48. The topological polar surface area (TPSA) is 96.0 Å². The van der Waals surface area contributed by atoms with Crippen LogP contribution in [0.4, 0.5) is 5.69 Å². The van der Waals surface area contributed by atoms with Crippen molar-refractivity contribution in [3.05, 3.63) is 87.9 Å². The van der Waals surface area contributed by atoms with Crippen molar-refractivity contribution in [1.82, 2.24) is 10.2 Å². The first-order valence-corrected chi connectivity index (χ1v) is 13.9. The summed E-state index contributed by atoms with van der Waals surface area (Å²) >= 11 is 12.2. The quantitative estimate of drug-likeness (QED) is 0.378. The Morgan fingerprint density at radius 3 is 2.29 bits per heavy atom. The van der Waals surface area contributed by atoms with E-state index in [9.17, 15) is 18.0 Å². The number of ether oxygens (including phenoxy) is 1. The van der Waals surface area contributed by atoms with Crippen molar-refractivity contribution in [2.45, 2.75) is 31.3 Å². The number of methoxy groups -OCH3 is 1. The van der Waals surface area contributed by atoms with Crippen molar-refractivity contribution in [3.63, 3.8) is 0 Å². The molecule has 38 heavy (non-hydrogen) atoms. The summed E-state index contributed by atoms with van der Waals surface area (Å²) in [4.78, 5) is 27.7. The minimum Gasteiger partial charge on any atom is -0.495 e. The highest BCUT2D eigenvalue weighted by atomic mass is 35.5. The van der Waals surface area contributed by atoms with E-state index in [2.05, 4.69) is 5.32 Å². The molecule has 0 spiro atoms. The second kappa shape index (κ2) is 12.5. The molecule has 11 heteroatoms. The summed E-state index contributed by atoms with van der Waals surface area (Å²) in [5.74, 6) is -0.738. The number of nitrogens with one attached hydrogen (secondary N) is 1. The number of amides is 2. The first-order valence-electron chi connectivity index (χ1n) is 11.7. The molecule has 0 aliphatic rings. The van der Waals surface area contributed by atoms with Gasteiger partial charge in [-0.15, -0.1) is 0 Å². The van der Waals surface area contributed by atoms with E-state index in [-0.39, 0.29) is 22.9 Å². The summed E-state index contributed by atoms with van der Waals surface area (Å²) in [5.41, 5.74) is 1.59. The van der Waals surface area contributed by atoms with Crippen LogP contribution in [0.3, 0.4) is 0 Å². The zero-order valence-corrected chi connectivity index (χ0v) is 23.8. The molecule has 0 bridgehead atoms. The van der Waals surface area contributed by atoms with Crippen LogP contribution in [0.1, 0.15) is 18.1 Å². The number of anilines is 1. The Hall–Kier alpha value is -3.27. The summed E-state index contributed by atoms with van der Waals surface area (Å²) in [6, 6.07) is 16.8. The van der Waals surface area contributed by atoms with Crippen LogP contribution in [-0.4, -0.2) is 51.9 Å². The van der Waals surface area contributed by atoms with Crippen molar-refractivity contribution >= 4 is 50.7 Å². The van der Waals surface area contributed by atoms with E-state index in [1.54, 1.807) is 61.5 Å². The van der Waals surface area contributed by atoms with Crippen molar-refractivity contribution in [3.8, 4) is 5.75 Å². The Bertz CT molecular complexity index is 1420. The summed E-state index contributed by atoms with van der Waals surface area (Å²) in [5, 5.41) is 3.18. The predicted octanol–water partition coefficient (Wildman–Crippen LogP) is 4.67. The van der Waals surface area contributed by atoms with Gasteiger partial charge in [-0.05, 0) is 61.4 Å². The number of halogens is 2. The monoisotopic (exact) mass is 577 g/mol. The predicted molar refractivity (Wildman–Crippen MR) is 149 cm³/mol. The normalized spacial score (nSPS) is 11.9. The zero-order chi connectivity index (χ0) is 28.0. The first-order chi connectivity index (χ1) is 18.0. The Kier molecular flexibility index (Phi) is 9.65. The van der Waals surface area contributed by atoms with Crippen LogP contribution in [0.25, 0.3) is 0 Å². The molecule has 0 unspecified atom stereocenters. The lowest BCUT2D eigenvalue weighted by Gasteiger charge is -2.32. The standard InChI is InChI=1S/C27H29Cl2N3O5S/c1-18-10-13-25(37-4)24(14-18)32(38(35,36)21-8-6-5-7-9-21)17-26(33)31(19(2)27(34)30-3)16-20-11-12-22(28)23(29)15-20/h5-15,19H,16-17H2,1-4H3,(H,30,34)/t19-/m0/s1. The van der Waals surface area contributed by atoms with Gasteiger partial charge in [-0.1, -0.05) is 53.5 Å². The van der Waals surface area contributed by atoms with Crippen LogP contribution in [-0.2, 0) is 26.2 Å². The Morgan fingerprint density at radius 1 is 1.00 bits per heavy atom. The molecule has 1 N–H and O–H groups in total. The van der Waals surface area contributed by atoms with Crippen molar-refractivity contribution < 1.29 is 22.7 Å². The maximum absolute atomic E-state index is 13.9. The molecule has 0 radical (unpaired) electrons. The number of carbonyl (C=O) groups is 2. The van der Waals surface area contributed by atoms with Crippen molar-refractivity contribution in [1.29, 1.82) is 0 Å². The summed E-state index contributed by atoms with van der Waals surface area (Å²) in [7, 11) is -1.32. The molecule has 0 aliphatic heterocycles. The van der Waals surface area contributed by atoms with Gasteiger partial charge in [0.05, 0.1) is 27.7 Å². The molecule has 0 fully saturated rings. The number of likely N-dealkylation sites (N-methyl/N-ethyl adjacent to an activating group) is 1. The van der Waals surface area contributed by atoms with Gasteiger partial charge in [0.1, 0.15) is 18.3 Å². The Morgan fingerprint density at radius 2 is 1.68 bits per heavy atom. The lowest BCUT2D eigenvalue weighted by atomic mass is 10.1. The van der Waals surface area contributed by atoms with Crippen LogP contribution >= 0.6 is 23.2 Å². The molecule has 3 aromatic rings. The first kappa shape index (κ1) is 29.3. The number of benzene rings is 3. The summed E-state index contributed by atoms with van der Waals surface area (Å²) < 4.78 is 34.2. The van der Waals surface area contributed by atoms with Gasteiger partial charge in [-0.25, -0.2) is 8.42 Å². The van der Waals surface area contributed by atoms with E-state index in [1.165, 1.54) is 31.2 Å². The largest absolute Gasteiger partial charge is 0.495 e. The molecule has 0 saturated carbocycles. The molecule has 8 nitrogen and oxygen atoms in total. The van der Waals surface area contributed by atoms with Crippen LogP contribution in [0.2, 0.25) is 10.0 Å². The number of nitrogens with zero attached hydrogens (tertiary/aromatic N) is 2. The molecule has 0 heterocycles. The molecule has 2 amide bonds. The van der Waals surface area contributed by atoms with Gasteiger partial charge >= 0.3 is 0 Å². The summed E-state index contributed by atoms with van der Waals surface area (Å²) in [6.07, 6.45) is 0. The second-order valence-corrected chi connectivity index (χ2v) is 11.2. The number of sulfonamides is 1. The average molecular weight is 579 g/mol. The molecule has 0 saturated heterocycles. The molecule has 0 aromatic heterocycles. The highest BCUT2D eigenvalue weighted by Crippen LogP contribution is 2.34. The fourth-order valence-corrected chi connectivity index (χ4v) is 5.61. The minimum absolute atomic E-state index is 0.00547. The molecule has 1 atom stereocenters. The Labute approximate surface area is 233 Å². The lowest BCUT2D eigenvalue weighted by Crippen LogP contribution is -2.50. The number of hydrogen-bond donors (Lipinski definition) is 1. The Balaban J connectivity index is 2.10. The van der Waals surface area contributed by atoms with E-state index in [4.69, 9.17) is 27.9 Å². The van der Waals surface area contributed by atoms with Gasteiger partial charge in [-0.3, -0.25) is 13.9 Å². The smallest absolute Gasteiger partial charge is 0.264 e. The molecule has 3 aromatic carbocycles. The van der Waals surface area contributed by atoms with Gasteiger partial charge in [0.25, 0.3) is 10.0 Å². The van der Waals surface area contributed by atoms with Gasteiger partial charge in [-0.2, -0.15) is 0 Å². The fourth-order valence-electron chi connectivity index (χ4n) is 3.85. The molecule has 202 valence electrons. The van der Waals surface area contributed by atoms with E-state index in [0.29, 0.717) is 15.6 Å². The molecular weight excluding hydrogens is 549 g/mol. The summed E-state index contributed by atoms with van der Waals surface area (Å²) in [6.45, 7) is 2.79. The van der Waals surface area contributed by atoms with E-state index >= 15 is 0 Å². The van der Waals surface area contributed by atoms with Gasteiger partial charge in [0.2, 0.25) is 11.8 Å². The highest BCUT2D eigenvalue weighted by Gasteiger charge is 2.33. The van der Waals surface area contributed by atoms with Crippen LogP contribution in [0.5, 0.6) is 5.75 Å². The van der Waals surface area contributed by atoms with Crippen molar-refractivity contribution in [2.75, 3.05) is 25.0 Å². The van der Waals surface area contributed by atoms with Crippen LogP contribution in [0, 0.1) is 6.92 Å². The number of carbonyl (C=O) groups excluding carboxylic acids is 2. The van der Waals surface area contributed by atoms with Crippen LogP contribution < -0.4 is 14.4 Å². The van der Waals surface area contributed by atoms with Crippen LogP contribution in [0.15, 0.2) is 71.6 Å². The number of hydrogen-bond acceptors (Lipinski definition) is 5. The van der Waals surface area contributed by atoms with Crippen molar-refractivity contribution in [2.24, 2.45) is 0 Å². The average Bonchev–Trinajstić information content (AvgIpc) is 2.91. The molecule has 0 aliphatic carbocycles. The van der Waals surface area contributed by atoms with E-state index in [1.807, 2.05) is 6.92 Å². The minimum atomic E-state index is -4.20. The van der Waals surface area contributed by atoms with E-state index in [0.717, 1.165) is 9.87 Å². The van der Waals surface area contributed by atoms with Gasteiger partial charge < -0.3 is 15.0 Å². The third-order valence-electron chi connectivity index (χ3n) is 5.96. The maximum atomic E-state index is 13.9. The number of aryl methyl sites for hydroxylation is 1. The second-order valence-electron chi connectivity index (χ2n) is 8.56. The van der Waals surface area contributed by atoms with Gasteiger partial charge in [0.15, 0.2) is 0 Å². The third kappa shape index (κ3) is 6.59. The van der Waals surface area contributed by atoms with Gasteiger partial charge in [0, 0.05) is 13.6 Å². The zero-order valence-electron chi connectivity index (χ0n) is 21.4. The number of rotatable bonds is 10. The molecule has 3 rings (SSSR count). The van der Waals surface area contributed by atoms with E-state index < -0.39 is 34.4 Å². The molecular formula is C27H29Cl2N3O5S. The maximum Gasteiger partial charge on any atom is 0.264 e. The lowest BCUT2D eigenvalue weighted by molar-refractivity contribution is -0.139. The fraction of sp³-hybridized carbons (Fsp3) is 0.259. The highest BCUT2D eigenvalue weighted by molar-refractivity contribution is 7.92.